The highest BCUT2D eigenvalue weighted by Crippen LogP contribution is 2.29. The summed E-state index contributed by atoms with van der Waals surface area (Å²) >= 11 is 6.42. The van der Waals surface area contributed by atoms with E-state index >= 15 is 0 Å². The lowest BCUT2D eigenvalue weighted by atomic mass is 9.92. The van der Waals surface area contributed by atoms with E-state index < -0.39 is 0 Å². The maximum absolute atomic E-state index is 13.3. The van der Waals surface area contributed by atoms with Crippen LogP contribution in [0.25, 0.3) is 5.69 Å². The van der Waals surface area contributed by atoms with E-state index in [4.69, 9.17) is 21.4 Å². The number of nitrogens with zero attached hydrogens (tertiary/aromatic N) is 3. The van der Waals surface area contributed by atoms with Crippen LogP contribution < -0.4 is 10.1 Å². The Morgan fingerprint density at radius 3 is 2.38 bits per heavy atom. The number of para-hydroxylation sites is 2. The van der Waals surface area contributed by atoms with E-state index in [-0.39, 0.29) is 29.8 Å². The number of methoxy groups -OCH3 is 1. The molecule has 0 atom stereocenters. The first kappa shape index (κ1) is 25.3. The SMILES string of the molecule is COc1ccccc1C(=O)N(CC(=O)Nc1cc(C(C)(C)C)nn1-c1ccccc1Cl)C(C)C. The van der Waals surface area contributed by atoms with Crippen LogP contribution in [-0.4, -0.2) is 46.2 Å². The summed E-state index contributed by atoms with van der Waals surface area (Å²) in [4.78, 5) is 27.9. The maximum Gasteiger partial charge on any atom is 0.258 e. The van der Waals surface area contributed by atoms with Crippen molar-refractivity contribution in [2.24, 2.45) is 0 Å². The molecule has 1 N–H and O–H groups in total. The maximum atomic E-state index is 13.3. The number of carbonyl (C=O) groups excluding carboxylic acids is 2. The highest BCUT2D eigenvalue weighted by molar-refractivity contribution is 6.32. The molecule has 1 heterocycles. The van der Waals surface area contributed by atoms with Crippen molar-refractivity contribution >= 4 is 29.2 Å². The lowest BCUT2D eigenvalue weighted by Crippen LogP contribution is -2.42. The molecule has 1 aromatic heterocycles. The van der Waals surface area contributed by atoms with Gasteiger partial charge in [0, 0.05) is 17.5 Å². The number of amides is 2. The van der Waals surface area contributed by atoms with Crippen molar-refractivity contribution in [1.82, 2.24) is 14.7 Å². The highest BCUT2D eigenvalue weighted by atomic mass is 35.5. The average Bonchev–Trinajstić information content (AvgIpc) is 3.21. The lowest BCUT2D eigenvalue weighted by Gasteiger charge is -2.27. The molecule has 3 aromatic rings. The third kappa shape index (κ3) is 5.59. The zero-order chi connectivity index (χ0) is 25.0. The van der Waals surface area contributed by atoms with E-state index in [9.17, 15) is 9.59 Å². The van der Waals surface area contributed by atoms with Crippen molar-refractivity contribution in [1.29, 1.82) is 0 Å². The monoisotopic (exact) mass is 482 g/mol. The van der Waals surface area contributed by atoms with Gasteiger partial charge in [-0.15, -0.1) is 0 Å². The van der Waals surface area contributed by atoms with Crippen molar-refractivity contribution in [3.8, 4) is 11.4 Å². The minimum Gasteiger partial charge on any atom is -0.496 e. The van der Waals surface area contributed by atoms with Crippen molar-refractivity contribution in [2.45, 2.75) is 46.1 Å². The summed E-state index contributed by atoms with van der Waals surface area (Å²) in [5, 5.41) is 8.14. The Bertz CT molecular complexity index is 1180. The molecule has 0 aliphatic rings. The molecule has 7 nitrogen and oxygen atoms in total. The Hall–Kier alpha value is -3.32. The first-order valence-electron chi connectivity index (χ1n) is 11.1. The lowest BCUT2D eigenvalue weighted by molar-refractivity contribution is -0.117. The van der Waals surface area contributed by atoms with Crippen molar-refractivity contribution in [3.63, 3.8) is 0 Å². The molecule has 34 heavy (non-hydrogen) atoms. The number of halogens is 1. The van der Waals surface area contributed by atoms with Crippen molar-refractivity contribution < 1.29 is 14.3 Å². The van der Waals surface area contributed by atoms with Gasteiger partial charge in [0.05, 0.1) is 29.1 Å². The molecule has 2 amide bonds. The number of benzene rings is 2. The van der Waals surface area contributed by atoms with Crippen LogP contribution in [0.5, 0.6) is 5.75 Å². The molecule has 0 spiro atoms. The fraction of sp³-hybridized carbons (Fsp3) is 0.346. The Kier molecular flexibility index (Phi) is 7.67. The normalized spacial score (nSPS) is 11.4. The van der Waals surface area contributed by atoms with Crippen LogP contribution in [0.2, 0.25) is 5.02 Å². The molecule has 0 radical (unpaired) electrons. The molecule has 0 bridgehead atoms. The average molecular weight is 483 g/mol. The fourth-order valence-electron chi connectivity index (χ4n) is 3.45. The largest absolute Gasteiger partial charge is 0.496 e. The predicted molar refractivity (Wildman–Crippen MR) is 135 cm³/mol. The molecule has 3 rings (SSSR count). The Morgan fingerprint density at radius 1 is 1.12 bits per heavy atom. The number of carbonyl (C=O) groups is 2. The zero-order valence-corrected chi connectivity index (χ0v) is 21.2. The molecular weight excluding hydrogens is 452 g/mol. The smallest absolute Gasteiger partial charge is 0.258 e. The molecule has 0 aliphatic heterocycles. The summed E-state index contributed by atoms with van der Waals surface area (Å²) in [6.07, 6.45) is 0. The van der Waals surface area contributed by atoms with Gasteiger partial charge < -0.3 is 15.0 Å². The summed E-state index contributed by atoms with van der Waals surface area (Å²) in [5.74, 6) is 0.324. The van der Waals surface area contributed by atoms with Crippen LogP contribution in [0.3, 0.4) is 0 Å². The number of ether oxygens (including phenoxy) is 1. The van der Waals surface area contributed by atoms with E-state index in [1.54, 1.807) is 35.0 Å². The number of rotatable bonds is 7. The summed E-state index contributed by atoms with van der Waals surface area (Å²) in [6, 6.07) is 15.9. The number of nitrogens with one attached hydrogen (secondary N) is 1. The van der Waals surface area contributed by atoms with Gasteiger partial charge in [-0.25, -0.2) is 4.68 Å². The van der Waals surface area contributed by atoms with E-state index in [1.165, 1.54) is 12.0 Å². The quantitative estimate of drug-likeness (QED) is 0.494. The van der Waals surface area contributed by atoms with E-state index in [0.29, 0.717) is 27.8 Å². The van der Waals surface area contributed by atoms with E-state index in [1.807, 2.05) is 58.9 Å². The van der Waals surface area contributed by atoms with Gasteiger partial charge >= 0.3 is 0 Å². The van der Waals surface area contributed by atoms with Crippen LogP contribution in [0.15, 0.2) is 54.6 Å². The zero-order valence-electron chi connectivity index (χ0n) is 20.4. The fourth-order valence-corrected chi connectivity index (χ4v) is 3.66. The summed E-state index contributed by atoms with van der Waals surface area (Å²) < 4.78 is 6.96. The van der Waals surface area contributed by atoms with Gasteiger partial charge in [-0.1, -0.05) is 56.6 Å². The highest BCUT2D eigenvalue weighted by Gasteiger charge is 2.26. The Morgan fingerprint density at radius 2 is 1.76 bits per heavy atom. The second kappa shape index (κ2) is 10.3. The van der Waals surface area contributed by atoms with E-state index in [2.05, 4.69) is 5.32 Å². The minimum atomic E-state index is -0.342. The van der Waals surface area contributed by atoms with Crippen LogP contribution in [0, 0.1) is 0 Å². The van der Waals surface area contributed by atoms with Gasteiger partial charge in [0.25, 0.3) is 5.91 Å². The van der Waals surface area contributed by atoms with Crippen LogP contribution in [0.4, 0.5) is 5.82 Å². The number of hydrogen-bond acceptors (Lipinski definition) is 4. The molecule has 0 saturated heterocycles. The van der Waals surface area contributed by atoms with E-state index in [0.717, 1.165) is 5.69 Å². The molecule has 0 unspecified atom stereocenters. The van der Waals surface area contributed by atoms with Crippen molar-refractivity contribution in [3.05, 3.63) is 70.9 Å². The molecule has 0 saturated carbocycles. The van der Waals surface area contributed by atoms with Gasteiger partial charge in [-0.3, -0.25) is 9.59 Å². The third-order valence-electron chi connectivity index (χ3n) is 5.36. The van der Waals surface area contributed by atoms with Gasteiger partial charge in [0.1, 0.15) is 18.1 Å². The summed E-state index contributed by atoms with van der Waals surface area (Å²) in [5.41, 5.74) is 1.62. The Labute approximate surface area is 205 Å². The number of anilines is 1. The molecule has 0 fully saturated rings. The van der Waals surface area contributed by atoms with Gasteiger partial charge in [0.2, 0.25) is 5.91 Å². The molecule has 0 aliphatic carbocycles. The standard InChI is InChI=1S/C26H31ClN4O3/c1-17(2)30(25(33)18-11-7-10-14-21(18)34-6)16-24(32)28-23-15-22(26(3,4)5)29-31(23)20-13-9-8-12-19(20)27/h7-15,17H,16H2,1-6H3,(H,28,32). The van der Waals surface area contributed by atoms with Crippen LogP contribution in [0.1, 0.15) is 50.7 Å². The third-order valence-corrected chi connectivity index (χ3v) is 5.68. The van der Waals surface area contributed by atoms with Gasteiger partial charge in [0.15, 0.2) is 0 Å². The van der Waals surface area contributed by atoms with Gasteiger partial charge in [-0.05, 0) is 38.1 Å². The molecular formula is C26H31ClN4O3. The second-order valence-electron chi connectivity index (χ2n) is 9.30. The molecule has 8 heteroatoms. The molecule has 2 aromatic carbocycles. The van der Waals surface area contributed by atoms with Crippen LogP contribution in [-0.2, 0) is 10.2 Å². The first-order chi connectivity index (χ1) is 16.0. The predicted octanol–water partition coefficient (Wildman–Crippen LogP) is 5.32. The van der Waals surface area contributed by atoms with Crippen molar-refractivity contribution in [2.75, 3.05) is 19.0 Å². The topological polar surface area (TPSA) is 76.5 Å². The van der Waals surface area contributed by atoms with Gasteiger partial charge in [-0.2, -0.15) is 5.10 Å². The summed E-state index contributed by atoms with van der Waals surface area (Å²) in [7, 11) is 1.52. The Balaban J connectivity index is 1.90. The molecule has 180 valence electrons. The first-order valence-corrected chi connectivity index (χ1v) is 11.5. The summed E-state index contributed by atoms with van der Waals surface area (Å²) in [6.45, 7) is 9.74. The second-order valence-corrected chi connectivity index (χ2v) is 9.71. The number of hydrogen-bond donors (Lipinski definition) is 1. The number of aromatic nitrogens is 2. The minimum absolute atomic E-state index is 0.132. The van der Waals surface area contributed by atoms with Crippen LogP contribution >= 0.6 is 11.6 Å².